The van der Waals surface area contributed by atoms with E-state index in [0.717, 1.165) is 12.8 Å². The van der Waals surface area contributed by atoms with Crippen LogP contribution in [-0.2, 0) is 11.2 Å². The van der Waals surface area contributed by atoms with Crippen LogP contribution < -0.4 is 11.1 Å². The number of amides is 2. The van der Waals surface area contributed by atoms with Gasteiger partial charge in [0.1, 0.15) is 11.4 Å². The lowest BCUT2D eigenvalue weighted by molar-refractivity contribution is 0.0794. The van der Waals surface area contributed by atoms with Crippen molar-refractivity contribution in [3.8, 4) is 0 Å². The van der Waals surface area contributed by atoms with Crippen molar-refractivity contribution in [1.82, 2.24) is 14.7 Å². The van der Waals surface area contributed by atoms with Crippen LogP contribution in [0.5, 0.6) is 0 Å². The summed E-state index contributed by atoms with van der Waals surface area (Å²) in [5, 5.41) is 15.4. The lowest BCUT2D eigenvalue weighted by Gasteiger charge is -2.36. The largest absolute Gasteiger partial charge is 0.449 e. The molecule has 2 amide bonds. The number of hydrogen-bond donors (Lipinski definition) is 3. The van der Waals surface area contributed by atoms with E-state index >= 15 is 0 Å². The van der Waals surface area contributed by atoms with Crippen molar-refractivity contribution < 1.29 is 18.7 Å². The zero-order valence-electron chi connectivity index (χ0n) is 19.8. The summed E-state index contributed by atoms with van der Waals surface area (Å²) in [6, 6.07) is 15.4. The van der Waals surface area contributed by atoms with Gasteiger partial charge in [-0.25, -0.2) is 9.18 Å². The maximum atomic E-state index is 13.2. The average molecular weight is 493 g/mol. The fourth-order valence-corrected chi connectivity index (χ4v) is 4.30. The Morgan fingerprint density at radius 2 is 1.94 bits per heavy atom. The van der Waals surface area contributed by atoms with Crippen molar-refractivity contribution in [1.29, 1.82) is 5.41 Å². The van der Waals surface area contributed by atoms with Gasteiger partial charge in [0.2, 0.25) is 0 Å². The third kappa shape index (κ3) is 6.07. The molecule has 9 nitrogen and oxygen atoms in total. The Bertz CT molecular complexity index is 1200. The molecule has 4 N–H and O–H groups in total. The summed E-state index contributed by atoms with van der Waals surface area (Å²) in [6.45, 7) is 1.06. The van der Waals surface area contributed by atoms with Crippen LogP contribution in [0.15, 0.2) is 60.8 Å². The summed E-state index contributed by atoms with van der Waals surface area (Å²) in [4.78, 5) is 26.2. The molecule has 1 aromatic heterocycles. The van der Waals surface area contributed by atoms with E-state index in [1.54, 1.807) is 15.8 Å². The Morgan fingerprint density at radius 3 is 2.64 bits per heavy atom. The highest BCUT2D eigenvalue weighted by molar-refractivity contribution is 5.98. The maximum Gasteiger partial charge on any atom is 0.409 e. The molecule has 2 heterocycles. The van der Waals surface area contributed by atoms with Gasteiger partial charge in [0.05, 0.1) is 12.6 Å². The number of primary amides is 1. The number of aromatic nitrogens is 2. The molecule has 1 saturated heterocycles. The number of nitrogens with two attached hydrogens (primary N) is 1. The van der Waals surface area contributed by atoms with Gasteiger partial charge in [-0.15, -0.1) is 0 Å². The fraction of sp³-hybridized carbons (Fsp3) is 0.308. The molecular weight excluding hydrogens is 463 g/mol. The second kappa shape index (κ2) is 11.5. The lowest BCUT2D eigenvalue weighted by Crippen LogP contribution is -2.45. The van der Waals surface area contributed by atoms with Crippen LogP contribution in [-0.4, -0.2) is 52.6 Å². The molecule has 36 heavy (non-hydrogen) atoms. The summed E-state index contributed by atoms with van der Waals surface area (Å²) >= 11 is 0. The first-order valence-corrected chi connectivity index (χ1v) is 11.8. The molecule has 1 aliphatic rings. The number of carbonyl (C=O) groups excluding carboxylic acids is 2. The van der Waals surface area contributed by atoms with E-state index in [0.29, 0.717) is 31.8 Å². The molecule has 0 bridgehead atoms. The van der Waals surface area contributed by atoms with Gasteiger partial charge in [0.15, 0.2) is 5.82 Å². The topological polar surface area (TPSA) is 126 Å². The van der Waals surface area contributed by atoms with Crippen molar-refractivity contribution in [3.05, 3.63) is 77.7 Å². The van der Waals surface area contributed by atoms with Gasteiger partial charge in [-0.2, -0.15) is 5.10 Å². The maximum absolute atomic E-state index is 13.2. The number of nitrogens with zero attached hydrogens (tertiary/aromatic N) is 3. The Balaban J connectivity index is 1.37. The third-order valence-electron chi connectivity index (χ3n) is 6.21. The van der Waals surface area contributed by atoms with Crippen LogP contribution in [0, 0.1) is 17.1 Å². The minimum Gasteiger partial charge on any atom is -0.449 e. The Labute approximate surface area is 208 Å². The van der Waals surface area contributed by atoms with Gasteiger partial charge in [-0.05, 0) is 49.1 Å². The summed E-state index contributed by atoms with van der Waals surface area (Å²) in [7, 11) is 0. The first kappa shape index (κ1) is 24.9. The van der Waals surface area contributed by atoms with Crippen LogP contribution in [0.25, 0.3) is 0 Å². The molecule has 188 valence electrons. The normalized spacial score (nSPS) is 17.4. The molecule has 1 aliphatic heterocycles. The number of carbonyl (C=O) groups is 2. The smallest absolute Gasteiger partial charge is 0.409 e. The summed E-state index contributed by atoms with van der Waals surface area (Å²) in [5.41, 5.74) is 7.49. The lowest BCUT2D eigenvalue weighted by atomic mass is 9.93. The fourth-order valence-electron chi connectivity index (χ4n) is 4.30. The van der Waals surface area contributed by atoms with Crippen LogP contribution in [0.3, 0.4) is 0 Å². The van der Waals surface area contributed by atoms with Crippen molar-refractivity contribution in [2.45, 2.75) is 25.3 Å². The summed E-state index contributed by atoms with van der Waals surface area (Å²) in [5.74, 6) is -1.11. The molecule has 2 aromatic carbocycles. The molecule has 4 rings (SSSR count). The predicted molar refractivity (Wildman–Crippen MR) is 134 cm³/mol. The molecular formula is C26H29FN6O3. The number of nitrogens with one attached hydrogen (secondary N) is 2. The second-order valence-electron chi connectivity index (χ2n) is 8.70. The monoisotopic (exact) mass is 492 g/mol. The third-order valence-corrected chi connectivity index (χ3v) is 6.21. The van der Waals surface area contributed by atoms with E-state index < -0.39 is 12.0 Å². The molecule has 2 atom stereocenters. The van der Waals surface area contributed by atoms with E-state index in [2.05, 4.69) is 10.4 Å². The quantitative estimate of drug-likeness (QED) is 0.306. The highest BCUT2D eigenvalue weighted by atomic mass is 19.1. The predicted octanol–water partition coefficient (Wildman–Crippen LogP) is 4.15. The minimum absolute atomic E-state index is 0.184. The molecule has 10 heteroatoms. The SMILES string of the molecule is N=C[C@@H]1CN(C(=O)OCCCc2ccccc2)CC[C@H]1n1cc(C(N)=O)c(Nc2ccc(F)cc2)n1. The molecule has 0 unspecified atom stereocenters. The van der Waals surface area contributed by atoms with E-state index in [1.807, 2.05) is 30.3 Å². The highest BCUT2D eigenvalue weighted by Crippen LogP contribution is 2.30. The van der Waals surface area contributed by atoms with E-state index in [-0.39, 0.29) is 29.2 Å². The molecule has 0 spiro atoms. The number of likely N-dealkylation sites (tertiary alicyclic amines) is 1. The molecule has 0 radical (unpaired) electrons. The van der Waals surface area contributed by atoms with Crippen molar-refractivity contribution in [2.24, 2.45) is 11.7 Å². The number of rotatable bonds is 9. The van der Waals surface area contributed by atoms with Gasteiger partial charge in [0, 0.05) is 37.1 Å². The van der Waals surface area contributed by atoms with Gasteiger partial charge in [-0.1, -0.05) is 30.3 Å². The van der Waals surface area contributed by atoms with Crippen molar-refractivity contribution in [3.63, 3.8) is 0 Å². The van der Waals surface area contributed by atoms with Crippen LogP contribution >= 0.6 is 0 Å². The number of hydrogen-bond acceptors (Lipinski definition) is 6. The summed E-state index contributed by atoms with van der Waals surface area (Å²) in [6.07, 6.45) is 4.52. The molecule has 1 fully saturated rings. The number of ether oxygens (including phenoxy) is 1. The highest BCUT2D eigenvalue weighted by Gasteiger charge is 2.33. The van der Waals surface area contributed by atoms with Gasteiger partial charge >= 0.3 is 6.09 Å². The Hall–Kier alpha value is -4.21. The van der Waals surface area contributed by atoms with Crippen molar-refractivity contribution in [2.75, 3.05) is 25.0 Å². The van der Waals surface area contributed by atoms with E-state index in [4.69, 9.17) is 15.9 Å². The Kier molecular flexibility index (Phi) is 7.94. The minimum atomic E-state index is -0.659. The number of aryl methyl sites for hydroxylation is 1. The van der Waals surface area contributed by atoms with E-state index in [9.17, 15) is 14.0 Å². The number of piperidine rings is 1. The molecule has 0 aliphatic carbocycles. The zero-order valence-corrected chi connectivity index (χ0v) is 19.8. The average Bonchev–Trinajstić information content (AvgIpc) is 3.32. The van der Waals surface area contributed by atoms with Crippen molar-refractivity contribution >= 4 is 29.7 Å². The standard InChI is InChI=1S/C26H29FN6O3/c27-20-8-10-21(11-9-20)30-25-22(24(29)34)17-33(31-25)23-12-13-32(16-19(23)15-28)26(35)36-14-4-7-18-5-2-1-3-6-18/h1-3,5-6,8-11,15,17,19,23,28H,4,7,12-14,16H2,(H2,29,34)(H,30,31)/t19-,23-/m1/s1. The first-order valence-electron chi connectivity index (χ1n) is 11.8. The second-order valence-corrected chi connectivity index (χ2v) is 8.70. The number of halogens is 1. The number of anilines is 2. The van der Waals surface area contributed by atoms with Gasteiger partial charge < -0.3 is 26.1 Å². The Morgan fingerprint density at radius 1 is 1.19 bits per heavy atom. The van der Waals surface area contributed by atoms with Crippen LogP contribution in [0.2, 0.25) is 0 Å². The molecule has 3 aromatic rings. The van der Waals surface area contributed by atoms with Crippen LogP contribution in [0.4, 0.5) is 20.7 Å². The van der Waals surface area contributed by atoms with Crippen LogP contribution in [0.1, 0.15) is 34.8 Å². The van der Waals surface area contributed by atoms with Gasteiger partial charge in [-0.3, -0.25) is 9.48 Å². The van der Waals surface area contributed by atoms with Gasteiger partial charge in [0.25, 0.3) is 5.91 Å². The molecule has 0 saturated carbocycles. The van der Waals surface area contributed by atoms with E-state index in [1.165, 1.54) is 36.0 Å². The zero-order chi connectivity index (χ0) is 25.5. The summed E-state index contributed by atoms with van der Waals surface area (Å²) < 4.78 is 20.3. The number of benzene rings is 2. The first-order chi connectivity index (χ1) is 17.4.